The molecule has 0 saturated carbocycles. The maximum atomic E-state index is 12.7. The summed E-state index contributed by atoms with van der Waals surface area (Å²) in [4.78, 5) is 27.4. The van der Waals surface area contributed by atoms with E-state index < -0.39 is 0 Å². The van der Waals surface area contributed by atoms with Gasteiger partial charge in [0.05, 0.1) is 28.1 Å². The number of nitrogens with zero attached hydrogens (tertiary/aromatic N) is 3. The van der Waals surface area contributed by atoms with Crippen LogP contribution >= 0.6 is 11.6 Å². The molecule has 1 atom stereocenters. The first-order valence-electron chi connectivity index (χ1n) is 11.5. The van der Waals surface area contributed by atoms with Crippen LogP contribution in [0.1, 0.15) is 34.5 Å². The van der Waals surface area contributed by atoms with Gasteiger partial charge in [0.15, 0.2) is 0 Å². The van der Waals surface area contributed by atoms with Crippen molar-refractivity contribution in [2.45, 2.75) is 19.5 Å². The Morgan fingerprint density at radius 2 is 1.72 bits per heavy atom. The van der Waals surface area contributed by atoms with Gasteiger partial charge in [-0.15, -0.1) is 0 Å². The number of aromatic nitrogens is 2. The summed E-state index contributed by atoms with van der Waals surface area (Å²) in [6.45, 7) is 2.75. The molecule has 0 aliphatic rings. The molecule has 0 bridgehead atoms. The van der Waals surface area contributed by atoms with E-state index in [-0.39, 0.29) is 17.5 Å². The van der Waals surface area contributed by atoms with Crippen molar-refractivity contribution in [1.29, 1.82) is 0 Å². The van der Waals surface area contributed by atoms with Gasteiger partial charge in [-0.1, -0.05) is 54.1 Å². The highest BCUT2D eigenvalue weighted by atomic mass is 35.5. The number of halogens is 1. The van der Waals surface area contributed by atoms with Crippen LogP contribution in [0.5, 0.6) is 0 Å². The summed E-state index contributed by atoms with van der Waals surface area (Å²) in [7, 11) is 4.06. The molecule has 0 unspecified atom stereocenters. The van der Waals surface area contributed by atoms with Crippen LogP contribution in [0.3, 0.4) is 0 Å². The Hall–Kier alpha value is -3.94. The van der Waals surface area contributed by atoms with Gasteiger partial charge in [0, 0.05) is 23.7 Å². The lowest BCUT2D eigenvalue weighted by Crippen LogP contribution is -2.26. The normalized spacial score (nSPS) is 11.9. The summed E-state index contributed by atoms with van der Waals surface area (Å²) in [6.07, 6.45) is 0. The van der Waals surface area contributed by atoms with Gasteiger partial charge in [-0.3, -0.25) is 9.59 Å². The van der Waals surface area contributed by atoms with E-state index in [4.69, 9.17) is 17.3 Å². The average Bonchev–Trinajstić information content (AvgIpc) is 2.87. The lowest BCUT2D eigenvalue weighted by Gasteiger charge is -2.16. The monoisotopic (exact) mass is 501 g/mol. The molecule has 3 aromatic carbocycles. The van der Waals surface area contributed by atoms with Gasteiger partial charge in [0.2, 0.25) is 0 Å². The van der Waals surface area contributed by atoms with E-state index in [0.717, 1.165) is 17.7 Å². The number of amides is 1. The Morgan fingerprint density at radius 1 is 1.03 bits per heavy atom. The number of anilines is 2. The van der Waals surface area contributed by atoms with Gasteiger partial charge in [-0.25, -0.2) is 4.68 Å². The average molecular weight is 502 g/mol. The fourth-order valence-electron chi connectivity index (χ4n) is 3.90. The second kappa shape index (κ2) is 10.8. The minimum atomic E-state index is -0.328. The molecule has 1 heterocycles. The van der Waals surface area contributed by atoms with Gasteiger partial charge in [0.1, 0.15) is 0 Å². The molecule has 7 nitrogen and oxygen atoms in total. The number of nitrogens with two attached hydrogens (primary N) is 1. The molecule has 1 aromatic heterocycles. The lowest BCUT2D eigenvalue weighted by atomic mass is 10.1. The maximum Gasteiger partial charge on any atom is 0.267 e. The molecule has 4 rings (SSSR count). The number of para-hydroxylation sites is 1. The number of benzene rings is 3. The van der Waals surface area contributed by atoms with Crippen LogP contribution in [-0.4, -0.2) is 34.7 Å². The van der Waals surface area contributed by atoms with Crippen molar-refractivity contribution in [2.75, 3.05) is 25.1 Å². The largest absolute Gasteiger partial charge is 0.396 e. The summed E-state index contributed by atoms with van der Waals surface area (Å²) in [6, 6.07) is 23.2. The van der Waals surface area contributed by atoms with Crippen molar-refractivity contribution < 1.29 is 4.79 Å². The molecule has 0 aliphatic heterocycles. The first-order valence-corrected chi connectivity index (χ1v) is 11.9. The van der Waals surface area contributed by atoms with Crippen molar-refractivity contribution in [1.82, 2.24) is 14.7 Å². The zero-order valence-corrected chi connectivity index (χ0v) is 21.2. The third-order valence-corrected chi connectivity index (χ3v) is 6.23. The molecule has 0 saturated heterocycles. The van der Waals surface area contributed by atoms with Gasteiger partial charge >= 0.3 is 0 Å². The van der Waals surface area contributed by atoms with Crippen molar-refractivity contribution in [3.05, 3.63) is 111 Å². The number of carbonyl (C=O) groups is 1. The van der Waals surface area contributed by atoms with Crippen LogP contribution in [0.25, 0.3) is 11.3 Å². The molecule has 0 radical (unpaired) electrons. The summed E-state index contributed by atoms with van der Waals surface area (Å²) in [5.41, 5.74) is 10.7. The van der Waals surface area contributed by atoms with Crippen LogP contribution in [0.2, 0.25) is 5.02 Å². The molecule has 3 N–H and O–H groups in total. The van der Waals surface area contributed by atoms with E-state index in [1.807, 2.05) is 45.3 Å². The van der Waals surface area contributed by atoms with Crippen LogP contribution in [-0.2, 0) is 6.54 Å². The standard InChI is InChI=1S/C28H28ClN5O2/c1-18(20-11-13-22(14-12-20)28(36)31-25-6-4-5-23(29)27(25)30)34-26(35)16-15-24(32-34)21-9-7-19(8-10-21)17-33(2)3/h4-16,18H,17,30H2,1-3H3,(H,31,36)/t18-/m0/s1. The second-order valence-electron chi connectivity index (χ2n) is 8.89. The lowest BCUT2D eigenvalue weighted by molar-refractivity contribution is 0.102. The minimum absolute atomic E-state index is 0.200. The zero-order chi connectivity index (χ0) is 25.8. The van der Waals surface area contributed by atoms with Gasteiger partial charge in [-0.2, -0.15) is 5.10 Å². The summed E-state index contributed by atoms with van der Waals surface area (Å²) < 4.78 is 1.46. The molecule has 0 aliphatic carbocycles. The van der Waals surface area contributed by atoms with E-state index in [0.29, 0.717) is 27.7 Å². The van der Waals surface area contributed by atoms with E-state index in [2.05, 4.69) is 27.4 Å². The Kier molecular flexibility index (Phi) is 7.52. The second-order valence-corrected chi connectivity index (χ2v) is 9.30. The predicted molar refractivity (Wildman–Crippen MR) is 145 cm³/mol. The van der Waals surface area contributed by atoms with Crippen molar-refractivity contribution >= 4 is 28.9 Å². The SMILES string of the molecule is C[C@@H](c1ccc(C(=O)Nc2cccc(Cl)c2N)cc1)n1nc(-c2ccc(CN(C)C)cc2)ccc1=O. The minimum Gasteiger partial charge on any atom is -0.396 e. The van der Waals surface area contributed by atoms with Crippen LogP contribution in [0.4, 0.5) is 11.4 Å². The summed E-state index contributed by atoms with van der Waals surface area (Å²) >= 11 is 6.03. The van der Waals surface area contributed by atoms with Crippen LogP contribution < -0.4 is 16.6 Å². The number of carbonyl (C=O) groups excluding carboxylic acids is 1. The third kappa shape index (κ3) is 5.64. The molecule has 184 valence electrons. The Bertz CT molecular complexity index is 1430. The van der Waals surface area contributed by atoms with E-state index >= 15 is 0 Å². The number of hydrogen-bond acceptors (Lipinski definition) is 5. The van der Waals surface area contributed by atoms with Crippen LogP contribution in [0, 0.1) is 0 Å². The highest BCUT2D eigenvalue weighted by molar-refractivity contribution is 6.34. The number of nitrogen functional groups attached to an aromatic ring is 1. The van der Waals surface area contributed by atoms with Crippen molar-refractivity contribution in [3.8, 4) is 11.3 Å². The fraction of sp³-hybridized carbons (Fsp3) is 0.179. The summed E-state index contributed by atoms with van der Waals surface area (Å²) in [5, 5.41) is 7.78. The highest BCUT2D eigenvalue weighted by Gasteiger charge is 2.15. The molecule has 0 fully saturated rings. The van der Waals surface area contributed by atoms with Gasteiger partial charge in [0.25, 0.3) is 11.5 Å². The topological polar surface area (TPSA) is 93.2 Å². The Balaban J connectivity index is 1.53. The molecule has 36 heavy (non-hydrogen) atoms. The van der Waals surface area contributed by atoms with E-state index in [9.17, 15) is 9.59 Å². The molecular formula is C28H28ClN5O2. The number of nitrogens with one attached hydrogen (secondary N) is 1. The van der Waals surface area contributed by atoms with Crippen molar-refractivity contribution in [3.63, 3.8) is 0 Å². The number of rotatable bonds is 7. The van der Waals surface area contributed by atoms with Crippen LogP contribution in [0.15, 0.2) is 83.7 Å². The zero-order valence-electron chi connectivity index (χ0n) is 20.4. The number of hydrogen-bond donors (Lipinski definition) is 2. The van der Waals surface area contributed by atoms with Gasteiger partial charge in [-0.05, 0) is 62.5 Å². The Labute approximate surface area is 215 Å². The molecule has 8 heteroatoms. The summed E-state index contributed by atoms with van der Waals surface area (Å²) in [5.74, 6) is -0.307. The molecule has 4 aromatic rings. The van der Waals surface area contributed by atoms with Crippen molar-refractivity contribution in [2.24, 2.45) is 0 Å². The van der Waals surface area contributed by atoms with E-state index in [1.165, 1.54) is 16.3 Å². The van der Waals surface area contributed by atoms with Gasteiger partial charge < -0.3 is 16.0 Å². The quantitative estimate of drug-likeness (QED) is 0.345. The molecule has 0 spiro atoms. The first kappa shape index (κ1) is 25.2. The van der Waals surface area contributed by atoms with E-state index in [1.54, 1.807) is 36.4 Å². The smallest absolute Gasteiger partial charge is 0.267 e. The predicted octanol–water partition coefficient (Wildman–Crippen LogP) is 5.07. The Morgan fingerprint density at radius 3 is 2.39 bits per heavy atom. The first-order chi connectivity index (χ1) is 17.2. The highest BCUT2D eigenvalue weighted by Crippen LogP contribution is 2.27. The maximum absolute atomic E-state index is 12.7. The molecule has 1 amide bonds. The molecular weight excluding hydrogens is 474 g/mol. The fourth-order valence-corrected chi connectivity index (χ4v) is 4.07. The third-order valence-electron chi connectivity index (χ3n) is 5.90.